The molecule has 0 amide bonds. The Morgan fingerprint density at radius 1 is 0.431 bits per heavy atom. The van der Waals surface area contributed by atoms with Crippen LogP contribution < -0.4 is 4.74 Å². The molecule has 2 aliphatic carbocycles. The number of benzene rings is 4. The second-order valence-corrected chi connectivity index (χ2v) is 23.6. The molecule has 0 aromatic heterocycles. The molecule has 0 aliphatic heterocycles. The van der Waals surface area contributed by atoms with Crippen LogP contribution in [0.4, 0.5) is 11.4 Å². The maximum absolute atomic E-state index is 13.8. The van der Waals surface area contributed by atoms with E-state index in [2.05, 4.69) is 147 Å². The third-order valence-electron chi connectivity index (χ3n) is 10.8. The summed E-state index contributed by atoms with van der Waals surface area (Å²) in [4.78, 5) is 27.6. The first-order valence-corrected chi connectivity index (χ1v) is 24.5. The average molecular weight is 1130 g/mol. The third kappa shape index (κ3) is 11.8. The van der Waals surface area contributed by atoms with Crippen LogP contribution in [0.3, 0.4) is 0 Å². The standard InChI is InChI=1S/C54H54Br4N4O3/c1-51(2,3)37-23-33(24-38(49(37)63)52(4,5)6)45(31-19-15-13-16-20-31)59-61-47-41(55)27-35(28-42(47)56)65-36-29-43(57)48(44(58)30-36)62-60-46(32-21-17-14-18-22-32)34-25-39(53(7,8)9)50(64)40(26-34)54(10,11)12/h13-30H,1-12H3. The molecule has 0 saturated heterocycles. The molecule has 336 valence electrons. The molecule has 0 heterocycles. The molecule has 7 nitrogen and oxygen atoms in total. The van der Waals surface area contributed by atoms with Crippen LogP contribution in [-0.2, 0) is 9.59 Å². The van der Waals surface area contributed by atoms with Crippen LogP contribution in [0.15, 0.2) is 181 Å². The number of ether oxygens (including phenoxy) is 1. The van der Waals surface area contributed by atoms with Gasteiger partial charge in [-0.3, -0.25) is 9.59 Å². The Morgan fingerprint density at radius 2 is 0.692 bits per heavy atom. The van der Waals surface area contributed by atoms with Gasteiger partial charge in [0.2, 0.25) is 0 Å². The second kappa shape index (κ2) is 19.4. The van der Waals surface area contributed by atoms with Crippen molar-refractivity contribution in [2.24, 2.45) is 42.1 Å². The van der Waals surface area contributed by atoms with E-state index < -0.39 is 0 Å². The molecule has 0 fully saturated rings. The first-order valence-electron chi connectivity index (χ1n) is 21.3. The number of hydrogen-bond acceptors (Lipinski definition) is 7. The monoisotopic (exact) mass is 1120 g/mol. The molecule has 6 rings (SSSR count). The maximum Gasteiger partial charge on any atom is 0.186 e. The van der Waals surface area contributed by atoms with Gasteiger partial charge in [0.25, 0.3) is 0 Å². The summed E-state index contributed by atoms with van der Waals surface area (Å²) in [5.41, 5.74) is 7.20. The Morgan fingerprint density at radius 3 is 0.938 bits per heavy atom. The molecule has 11 heteroatoms. The maximum atomic E-state index is 13.8. The molecular formula is C54H54Br4N4O3. The molecule has 0 atom stereocenters. The van der Waals surface area contributed by atoms with E-state index in [0.717, 1.165) is 44.6 Å². The number of ketones is 2. The van der Waals surface area contributed by atoms with Crippen molar-refractivity contribution in [1.29, 1.82) is 0 Å². The van der Waals surface area contributed by atoms with Crippen LogP contribution in [0.5, 0.6) is 11.5 Å². The van der Waals surface area contributed by atoms with Crippen LogP contribution in [0, 0.1) is 21.7 Å². The fraction of sp³-hybridized carbons (Fsp3) is 0.296. The van der Waals surface area contributed by atoms with Gasteiger partial charge < -0.3 is 4.74 Å². The lowest BCUT2D eigenvalue weighted by Gasteiger charge is -2.31. The average Bonchev–Trinajstić information content (AvgIpc) is 3.19. The number of rotatable bonds is 8. The van der Waals surface area contributed by atoms with Crippen LogP contribution in [0.25, 0.3) is 11.4 Å². The Kier molecular flexibility index (Phi) is 14.9. The normalized spacial score (nSPS) is 15.3. The Hall–Kier alpha value is -4.42. The highest BCUT2D eigenvalue weighted by Gasteiger charge is 2.36. The zero-order valence-electron chi connectivity index (χ0n) is 38.9. The van der Waals surface area contributed by atoms with E-state index in [1.54, 1.807) is 0 Å². The van der Waals surface area contributed by atoms with Crippen molar-refractivity contribution in [3.8, 4) is 11.5 Å². The quantitative estimate of drug-likeness (QED) is 0.165. The largest absolute Gasteiger partial charge is 0.457 e. The lowest BCUT2D eigenvalue weighted by atomic mass is 9.71. The molecule has 0 bridgehead atoms. The van der Waals surface area contributed by atoms with Gasteiger partial charge in [-0.2, -0.15) is 0 Å². The summed E-state index contributed by atoms with van der Waals surface area (Å²) in [6.07, 6.45) is 7.84. The minimum atomic E-state index is -0.380. The Bertz CT molecular complexity index is 2510. The van der Waals surface area contributed by atoms with Gasteiger partial charge in [0.1, 0.15) is 34.3 Å². The summed E-state index contributed by atoms with van der Waals surface area (Å²) in [6.45, 7) is 24.7. The molecule has 65 heavy (non-hydrogen) atoms. The van der Waals surface area contributed by atoms with E-state index in [0.29, 0.717) is 52.2 Å². The summed E-state index contributed by atoms with van der Waals surface area (Å²) in [5.74, 6) is 1.21. The number of halogens is 4. The molecule has 0 N–H and O–H groups in total. The van der Waals surface area contributed by atoms with Crippen molar-refractivity contribution in [3.05, 3.63) is 172 Å². The van der Waals surface area contributed by atoms with Crippen molar-refractivity contribution in [2.75, 3.05) is 0 Å². The van der Waals surface area contributed by atoms with E-state index >= 15 is 0 Å². The Balaban J connectivity index is 1.35. The fourth-order valence-electron chi connectivity index (χ4n) is 7.25. The van der Waals surface area contributed by atoms with E-state index in [9.17, 15) is 9.59 Å². The fourth-order valence-corrected chi connectivity index (χ4v) is 9.85. The number of Topliss-reactive ketones (excluding diaryl/α,β-unsaturated/α-hetero) is 2. The molecule has 0 saturated carbocycles. The van der Waals surface area contributed by atoms with Crippen LogP contribution in [-0.4, -0.2) is 11.6 Å². The van der Waals surface area contributed by atoms with Gasteiger partial charge in [0.15, 0.2) is 11.6 Å². The SMILES string of the molecule is CC(C)(C)C1=CC(=C(N=Nc2c(Br)cc(Oc3cc(Br)c(N=NC(=C4C=C(C(C)(C)C)C(=O)C(C(C)(C)C)=C4)c4ccccc4)c(Br)c3)cc2Br)c2ccccc2)C=C(C(C)(C)C)C1=O. The van der Waals surface area contributed by atoms with Crippen LogP contribution in [0.2, 0.25) is 0 Å². The molecule has 4 aromatic carbocycles. The topological polar surface area (TPSA) is 92.8 Å². The van der Waals surface area contributed by atoms with Crippen molar-refractivity contribution in [3.63, 3.8) is 0 Å². The second-order valence-electron chi connectivity index (χ2n) is 20.2. The van der Waals surface area contributed by atoms with E-state index in [-0.39, 0.29) is 33.2 Å². The zero-order chi connectivity index (χ0) is 47.8. The van der Waals surface area contributed by atoms with Gasteiger partial charge in [-0.15, -0.1) is 20.5 Å². The number of hydrogen-bond donors (Lipinski definition) is 0. The smallest absolute Gasteiger partial charge is 0.186 e. The number of azo groups is 2. The molecule has 0 radical (unpaired) electrons. The third-order valence-corrected chi connectivity index (χ3v) is 13.2. The highest BCUT2D eigenvalue weighted by Crippen LogP contribution is 2.46. The van der Waals surface area contributed by atoms with Crippen molar-refractivity contribution < 1.29 is 14.3 Å². The van der Waals surface area contributed by atoms with Gasteiger partial charge in [-0.05, 0) is 134 Å². The van der Waals surface area contributed by atoms with Gasteiger partial charge in [0, 0.05) is 62.5 Å². The molecular weight excluding hydrogens is 1070 g/mol. The molecule has 2 aliphatic rings. The first kappa shape index (κ1) is 50.0. The molecule has 0 unspecified atom stereocenters. The summed E-state index contributed by atoms with van der Waals surface area (Å²) in [6, 6.07) is 27.1. The van der Waals surface area contributed by atoms with Crippen molar-refractivity contribution in [2.45, 2.75) is 83.1 Å². The lowest BCUT2D eigenvalue weighted by Crippen LogP contribution is -2.28. The summed E-state index contributed by atoms with van der Waals surface area (Å²) in [5, 5.41) is 19.3. The molecule has 4 aromatic rings. The summed E-state index contributed by atoms with van der Waals surface area (Å²) in [7, 11) is 0. The van der Waals surface area contributed by atoms with Crippen LogP contribution >= 0.6 is 63.7 Å². The predicted octanol–water partition coefficient (Wildman–Crippen LogP) is 18.6. The van der Waals surface area contributed by atoms with Crippen LogP contribution in [0.1, 0.15) is 94.2 Å². The van der Waals surface area contributed by atoms with Crippen molar-refractivity contribution >= 4 is 98.1 Å². The minimum Gasteiger partial charge on any atom is -0.457 e. The number of nitrogens with zero attached hydrogens (tertiary/aromatic N) is 4. The minimum absolute atomic E-state index is 0.0566. The van der Waals surface area contributed by atoms with Crippen molar-refractivity contribution in [1.82, 2.24) is 0 Å². The lowest BCUT2D eigenvalue weighted by molar-refractivity contribution is -0.114. The first-order chi connectivity index (χ1) is 30.2. The van der Waals surface area contributed by atoms with Gasteiger partial charge in [-0.25, -0.2) is 0 Å². The van der Waals surface area contributed by atoms with E-state index in [1.807, 2.05) is 109 Å². The van der Waals surface area contributed by atoms with Gasteiger partial charge in [0.05, 0.1) is 0 Å². The zero-order valence-corrected chi connectivity index (χ0v) is 45.3. The van der Waals surface area contributed by atoms with E-state index in [1.165, 1.54) is 0 Å². The Labute approximate surface area is 417 Å². The highest BCUT2D eigenvalue weighted by atomic mass is 79.9. The number of allylic oxidation sites excluding steroid dienone is 10. The summed E-state index contributed by atoms with van der Waals surface area (Å²) >= 11 is 14.9. The van der Waals surface area contributed by atoms with Gasteiger partial charge in [-0.1, -0.05) is 144 Å². The molecule has 0 spiro atoms. The number of carbonyl (C=O) groups is 2. The summed E-state index contributed by atoms with van der Waals surface area (Å²) < 4.78 is 9.02. The van der Waals surface area contributed by atoms with E-state index in [4.69, 9.17) is 25.2 Å². The number of carbonyl (C=O) groups excluding carboxylic acids is 2. The predicted molar refractivity (Wildman–Crippen MR) is 280 cm³/mol. The van der Waals surface area contributed by atoms with Gasteiger partial charge >= 0.3 is 0 Å². The highest BCUT2D eigenvalue weighted by molar-refractivity contribution is 9.11.